The monoisotopic (exact) mass is 190 g/mol. The van der Waals surface area contributed by atoms with Gasteiger partial charge < -0.3 is 10.5 Å². The van der Waals surface area contributed by atoms with Crippen LogP contribution in [0.15, 0.2) is 29.3 Å². The molecule has 0 amide bonds. The molecular weight excluding hydrogens is 176 g/mol. The highest BCUT2D eigenvalue weighted by atomic mass is 16.5. The van der Waals surface area contributed by atoms with Crippen LogP contribution in [0.3, 0.4) is 0 Å². The van der Waals surface area contributed by atoms with Crippen molar-refractivity contribution in [1.29, 1.82) is 0 Å². The molecule has 0 atom stereocenters. The number of hydrogen-bond acceptors (Lipinski definition) is 3. The van der Waals surface area contributed by atoms with E-state index in [2.05, 4.69) is 4.99 Å². The van der Waals surface area contributed by atoms with Crippen molar-refractivity contribution in [2.45, 2.75) is 19.4 Å². The van der Waals surface area contributed by atoms with Crippen molar-refractivity contribution < 1.29 is 4.74 Å². The third-order valence-electron chi connectivity index (χ3n) is 2.17. The maximum atomic E-state index is 5.83. The molecule has 0 spiro atoms. The smallest absolute Gasteiger partial charge is 0.218 e. The Morgan fingerprint density at radius 3 is 2.64 bits per heavy atom. The molecule has 2 N–H and O–H groups in total. The fraction of sp³-hybridized carbons (Fsp3) is 0.364. The lowest BCUT2D eigenvalue weighted by Gasteiger charge is -2.17. The van der Waals surface area contributed by atoms with E-state index in [-0.39, 0.29) is 5.60 Å². The lowest BCUT2D eigenvalue weighted by atomic mass is 10.1. The van der Waals surface area contributed by atoms with E-state index >= 15 is 0 Å². The molecule has 0 saturated heterocycles. The summed E-state index contributed by atoms with van der Waals surface area (Å²) in [7, 11) is 0. The molecule has 0 bridgehead atoms. The third kappa shape index (κ3) is 1.58. The molecule has 74 valence electrons. The van der Waals surface area contributed by atoms with Gasteiger partial charge in [0.05, 0.1) is 12.1 Å². The van der Waals surface area contributed by atoms with Gasteiger partial charge in [-0.15, -0.1) is 0 Å². The summed E-state index contributed by atoms with van der Waals surface area (Å²) >= 11 is 0. The Kier molecular flexibility index (Phi) is 1.95. The number of rotatable bonds is 1. The van der Waals surface area contributed by atoms with Crippen LogP contribution in [0.1, 0.15) is 19.4 Å². The quantitative estimate of drug-likeness (QED) is 0.687. The van der Waals surface area contributed by atoms with Crippen LogP contribution in [0.5, 0.6) is 0 Å². The van der Waals surface area contributed by atoms with Crippen molar-refractivity contribution in [3.8, 4) is 0 Å². The Morgan fingerprint density at radius 2 is 2.07 bits per heavy atom. The zero-order chi connectivity index (χ0) is 10.2. The minimum Gasteiger partial charge on any atom is -0.469 e. The first-order valence-electron chi connectivity index (χ1n) is 4.67. The van der Waals surface area contributed by atoms with E-state index in [9.17, 15) is 0 Å². The van der Waals surface area contributed by atoms with Crippen LogP contribution < -0.4 is 5.73 Å². The van der Waals surface area contributed by atoms with E-state index in [4.69, 9.17) is 10.5 Å². The van der Waals surface area contributed by atoms with Crippen molar-refractivity contribution in [2.24, 2.45) is 4.99 Å². The molecule has 0 aliphatic carbocycles. The average Bonchev–Trinajstić information content (AvgIpc) is 2.47. The van der Waals surface area contributed by atoms with Gasteiger partial charge in [-0.2, -0.15) is 0 Å². The maximum absolute atomic E-state index is 5.83. The summed E-state index contributed by atoms with van der Waals surface area (Å²) in [5, 5.41) is 0. The number of hydrogen-bond donors (Lipinski definition) is 1. The molecule has 0 saturated carbocycles. The minimum atomic E-state index is -0.197. The Morgan fingerprint density at radius 1 is 1.36 bits per heavy atom. The van der Waals surface area contributed by atoms with Gasteiger partial charge in [-0.1, -0.05) is 12.1 Å². The van der Waals surface area contributed by atoms with Gasteiger partial charge >= 0.3 is 0 Å². The van der Waals surface area contributed by atoms with Gasteiger partial charge in [0, 0.05) is 5.69 Å². The van der Waals surface area contributed by atoms with Crippen LogP contribution >= 0.6 is 0 Å². The molecule has 0 radical (unpaired) electrons. The molecular formula is C11H14N2O. The molecule has 0 aromatic heterocycles. The van der Waals surface area contributed by atoms with Gasteiger partial charge in [0.15, 0.2) is 0 Å². The number of anilines is 1. The summed E-state index contributed by atoms with van der Waals surface area (Å²) < 4.78 is 5.69. The number of para-hydroxylation sites is 1. The van der Waals surface area contributed by atoms with E-state index in [1.54, 1.807) is 0 Å². The number of nitrogen functional groups attached to an aromatic ring is 1. The average molecular weight is 190 g/mol. The van der Waals surface area contributed by atoms with Crippen molar-refractivity contribution in [2.75, 3.05) is 12.3 Å². The molecule has 14 heavy (non-hydrogen) atoms. The summed E-state index contributed by atoms with van der Waals surface area (Å²) in [6.07, 6.45) is 0. The van der Waals surface area contributed by atoms with Crippen LogP contribution in [0.25, 0.3) is 0 Å². The van der Waals surface area contributed by atoms with Gasteiger partial charge in [-0.05, 0) is 26.0 Å². The summed E-state index contributed by atoms with van der Waals surface area (Å²) in [4.78, 5) is 4.33. The van der Waals surface area contributed by atoms with Crippen LogP contribution in [0.4, 0.5) is 5.69 Å². The molecule has 3 nitrogen and oxygen atoms in total. The first-order chi connectivity index (χ1) is 6.58. The molecule has 1 aliphatic heterocycles. The number of ether oxygens (including phenoxy) is 1. The van der Waals surface area contributed by atoms with Crippen LogP contribution in [-0.4, -0.2) is 18.0 Å². The van der Waals surface area contributed by atoms with Crippen molar-refractivity contribution >= 4 is 11.6 Å². The van der Waals surface area contributed by atoms with Gasteiger partial charge in [-0.3, -0.25) is 0 Å². The molecule has 1 heterocycles. The fourth-order valence-corrected chi connectivity index (χ4v) is 1.42. The lowest BCUT2D eigenvalue weighted by molar-refractivity contribution is 0.131. The molecule has 1 aromatic carbocycles. The second-order valence-corrected chi connectivity index (χ2v) is 4.07. The Hall–Kier alpha value is -1.51. The van der Waals surface area contributed by atoms with E-state index in [0.29, 0.717) is 18.1 Å². The van der Waals surface area contributed by atoms with E-state index < -0.39 is 0 Å². The van der Waals surface area contributed by atoms with Crippen molar-refractivity contribution in [1.82, 2.24) is 0 Å². The molecule has 2 rings (SSSR count). The second-order valence-electron chi connectivity index (χ2n) is 4.07. The maximum Gasteiger partial charge on any atom is 0.218 e. The van der Waals surface area contributed by atoms with Crippen LogP contribution in [0, 0.1) is 0 Å². The number of benzene rings is 1. The van der Waals surface area contributed by atoms with Gasteiger partial charge in [0.2, 0.25) is 5.90 Å². The topological polar surface area (TPSA) is 47.6 Å². The second kappa shape index (κ2) is 3.01. The van der Waals surface area contributed by atoms with E-state index in [0.717, 1.165) is 5.56 Å². The number of nitrogens with two attached hydrogens (primary N) is 1. The van der Waals surface area contributed by atoms with Crippen molar-refractivity contribution in [3.05, 3.63) is 29.8 Å². The predicted octanol–water partition coefficient (Wildman–Crippen LogP) is 1.82. The molecule has 1 aromatic rings. The van der Waals surface area contributed by atoms with E-state index in [1.807, 2.05) is 38.1 Å². The Bertz CT molecular complexity index is 383. The SMILES string of the molecule is CC1(C)CN=C(c2ccccc2N)O1. The predicted molar refractivity (Wildman–Crippen MR) is 57.4 cm³/mol. The van der Waals surface area contributed by atoms with Crippen molar-refractivity contribution in [3.63, 3.8) is 0 Å². The summed E-state index contributed by atoms with van der Waals surface area (Å²) in [5.41, 5.74) is 7.23. The minimum absolute atomic E-state index is 0.197. The van der Waals surface area contributed by atoms with E-state index in [1.165, 1.54) is 0 Å². The summed E-state index contributed by atoms with van der Waals surface area (Å²) in [5.74, 6) is 0.660. The molecule has 0 unspecified atom stereocenters. The first kappa shape index (κ1) is 9.06. The normalized spacial score (nSPS) is 18.9. The standard InChI is InChI=1S/C11H14N2O/c1-11(2)7-13-10(14-11)8-5-3-4-6-9(8)12/h3-6H,7,12H2,1-2H3. The van der Waals surface area contributed by atoms with Gasteiger partial charge in [0.1, 0.15) is 5.60 Å². The van der Waals surface area contributed by atoms with Gasteiger partial charge in [0.25, 0.3) is 0 Å². The lowest BCUT2D eigenvalue weighted by Crippen LogP contribution is -2.24. The third-order valence-corrected chi connectivity index (χ3v) is 2.17. The van der Waals surface area contributed by atoms with Crippen LogP contribution in [-0.2, 0) is 4.74 Å². The summed E-state index contributed by atoms with van der Waals surface area (Å²) in [6, 6.07) is 7.62. The molecule has 1 aliphatic rings. The zero-order valence-corrected chi connectivity index (χ0v) is 8.45. The zero-order valence-electron chi connectivity index (χ0n) is 8.45. The number of nitrogens with zero attached hydrogens (tertiary/aromatic N) is 1. The Labute approximate surface area is 83.6 Å². The highest BCUT2D eigenvalue weighted by Crippen LogP contribution is 2.23. The highest BCUT2D eigenvalue weighted by Gasteiger charge is 2.28. The fourth-order valence-electron chi connectivity index (χ4n) is 1.42. The van der Waals surface area contributed by atoms with Crippen LogP contribution in [0.2, 0.25) is 0 Å². The largest absolute Gasteiger partial charge is 0.469 e. The molecule has 3 heteroatoms. The number of aliphatic imine (C=N–C) groups is 1. The van der Waals surface area contributed by atoms with Gasteiger partial charge in [-0.25, -0.2) is 4.99 Å². The summed E-state index contributed by atoms with van der Waals surface area (Å²) in [6.45, 7) is 4.72. The Balaban J connectivity index is 2.30. The first-order valence-corrected chi connectivity index (χ1v) is 4.67. The molecule has 0 fully saturated rings. The highest BCUT2D eigenvalue weighted by molar-refractivity contribution is 6.00.